The van der Waals surface area contributed by atoms with E-state index in [1.54, 1.807) is 0 Å². The van der Waals surface area contributed by atoms with Crippen LogP contribution < -0.4 is 5.32 Å². The summed E-state index contributed by atoms with van der Waals surface area (Å²) in [5, 5.41) is 23.2. The van der Waals surface area contributed by atoms with Crippen molar-refractivity contribution in [1.29, 1.82) is 0 Å². The Bertz CT molecular complexity index is 1050. The number of phenols is 2. The van der Waals surface area contributed by atoms with Crippen LogP contribution in [-0.4, -0.2) is 27.9 Å². The number of hydrogen-bond acceptors (Lipinski definition) is 4. The number of aryl methyl sites for hydroxylation is 1. The predicted molar refractivity (Wildman–Crippen MR) is 140 cm³/mol. The van der Waals surface area contributed by atoms with Crippen LogP contribution in [0.4, 0.5) is 0 Å². The maximum atomic E-state index is 13.7. The molecule has 0 saturated heterocycles. The molecule has 0 bridgehead atoms. The lowest BCUT2D eigenvalue weighted by molar-refractivity contribution is 0.0450. The summed E-state index contributed by atoms with van der Waals surface area (Å²) >= 11 is 0. The van der Waals surface area contributed by atoms with Gasteiger partial charge in [0.25, 0.3) is 5.91 Å². The molecule has 5 heteroatoms. The largest absolute Gasteiger partial charge is 0.508 e. The number of amides is 1. The Morgan fingerprint density at radius 1 is 1.11 bits per heavy atom. The van der Waals surface area contributed by atoms with Crippen molar-refractivity contribution in [3.63, 3.8) is 0 Å². The average molecular weight is 478 g/mol. The van der Waals surface area contributed by atoms with Crippen LogP contribution in [0.15, 0.2) is 55.1 Å². The molecule has 0 aliphatic heterocycles. The number of phenolic OH excluding ortho intramolecular Hbond substituents is 2. The predicted octanol–water partition coefficient (Wildman–Crippen LogP) is 6.43. The fraction of sp³-hybridized carbons (Fsp3) is 0.467. The first-order valence-corrected chi connectivity index (χ1v) is 12.6. The second-order valence-corrected chi connectivity index (χ2v) is 10.8. The molecule has 5 nitrogen and oxygen atoms in total. The van der Waals surface area contributed by atoms with Crippen LogP contribution in [0.5, 0.6) is 11.5 Å². The molecule has 3 N–H and O–H groups in total. The second-order valence-electron chi connectivity index (χ2n) is 10.8. The minimum absolute atomic E-state index is 0.0196. The van der Waals surface area contributed by atoms with E-state index in [1.807, 2.05) is 44.2 Å². The van der Waals surface area contributed by atoms with Gasteiger partial charge in [-0.25, -0.2) is 0 Å². The molecule has 0 aromatic heterocycles. The van der Waals surface area contributed by atoms with Gasteiger partial charge in [0.1, 0.15) is 11.5 Å². The van der Waals surface area contributed by atoms with Crippen LogP contribution in [0.1, 0.15) is 79.2 Å². The zero-order valence-corrected chi connectivity index (χ0v) is 21.4. The monoisotopic (exact) mass is 477 g/mol. The molecule has 2 aromatic carbocycles. The fourth-order valence-electron chi connectivity index (χ4n) is 5.52. The molecule has 1 amide bonds. The summed E-state index contributed by atoms with van der Waals surface area (Å²) in [7, 11) is 0. The van der Waals surface area contributed by atoms with Gasteiger partial charge in [0, 0.05) is 29.2 Å². The first-order valence-electron chi connectivity index (χ1n) is 12.6. The number of ketones is 1. The third kappa shape index (κ3) is 6.33. The number of aromatic hydroxyl groups is 2. The van der Waals surface area contributed by atoms with Crippen LogP contribution in [0.2, 0.25) is 0 Å². The Labute approximate surface area is 209 Å². The van der Waals surface area contributed by atoms with Crippen molar-refractivity contribution in [2.45, 2.75) is 65.8 Å². The zero-order chi connectivity index (χ0) is 25.8. The van der Waals surface area contributed by atoms with Crippen molar-refractivity contribution in [1.82, 2.24) is 5.32 Å². The van der Waals surface area contributed by atoms with Crippen molar-refractivity contribution in [2.24, 2.45) is 23.2 Å². The number of rotatable bonds is 9. The Kier molecular flexibility index (Phi) is 8.42. The third-order valence-electron chi connectivity index (χ3n) is 7.91. The lowest BCUT2D eigenvalue weighted by atomic mass is 9.61. The fourth-order valence-corrected chi connectivity index (χ4v) is 5.52. The SMILES string of the molecule is C=CCCCC(C)(C)[C@@H]1C[C@@H](NC(=O)c2ccccc2C)[C@@H](C)[C@H](C(=O)c2cc(O)cc(O)c2)C1. The van der Waals surface area contributed by atoms with Crippen molar-refractivity contribution in [2.75, 3.05) is 0 Å². The maximum absolute atomic E-state index is 13.7. The molecule has 0 heterocycles. The quantitative estimate of drug-likeness (QED) is 0.221. The number of benzene rings is 2. The van der Waals surface area contributed by atoms with Crippen LogP contribution in [0, 0.1) is 30.1 Å². The number of unbranched alkanes of at least 4 members (excludes halogenated alkanes) is 1. The highest BCUT2D eigenvalue weighted by molar-refractivity contribution is 5.99. The van der Waals surface area contributed by atoms with E-state index >= 15 is 0 Å². The van der Waals surface area contributed by atoms with Crippen LogP contribution >= 0.6 is 0 Å². The Hall–Kier alpha value is -3.08. The van der Waals surface area contributed by atoms with E-state index < -0.39 is 0 Å². The van der Waals surface area contributed by atoms with Gasteiger partial charge < -0.3 is 15.5 Å². The molecule has 188 valence electrons. The van der Waals surface area contributed by atoms with Gasteiger partial charge in [0.15, 0.2) is 5.78 Å². The first-order chi connectivity index (χ1) is 16.5. The standard InChI is InChI=1S/C30H39NO4/c1-6-7-10-13-30(4,5)22-16-26(28(34)21-14-23(32)18-24(33)15-21)20(3)27(17-22)31-29(35)25-12-9-8-11-19(25)2/h6,8-9,11-12,14-15,18,20,22,26-27,32-33H,1,7,10,13,16-17H2,2-5H3,(H,31,35)/t20-,22-,26+,27+/m0/s1. The molecule has 1 saturated carbocycles. The van der Waals surface area contributed by atoms with Gasteiger partial charge in [-0.1, -0.05) is 45.0 Å². The molecule has 2 aromatic rings. The van der Waals surface area contributed by atoms with Gasteiger partial charge >= 0.3 is 0 Å². The maximum Gasteiger partial charge on any atom is 0.251 e. The molecule has 1 aliphatic rings. The minimum atomic E-state index is -0.337. The van der Waals surface area contributed by atoms with E-state index in [1.165, 1.54) is 18.2 Å². The van der Waals surface area contributed by atoms with Gasteiger partial charge in [-0.3, -0.25) is 9.59 Å². The van der Waals surface area contributed by atoms with Crippen molar-refractivity contribution in [3.8, 4) is 11.5 Å². The molecule has 1 fully saturated rings. The van der Waals surface area contributed by atoms with Crippen LogP contribution in [-0.2, 0) is 0 Å². The van der Waals surface area contributed by atoms with E-state index in [0.29, 0.717) is 17.5 Å². The van der Waals surface area contributed by atoms with E-state index in [4.69, 9.17) is 0 Å². The van der Waals surface area contributed by atoms with Crippen LogP contribution in [0.3, 0.4) is 0 Å². The average Bonchev–Trinajstić information content (AvgIpc) is 2.79. The molecule has 0 radical (unpaired) electrons. The number of nitrogens with one attached hydrogen (secondary N) is 1. The summed E-state index contributed by atoms with van der Waals surface area (Å²) in [6, 6.07) is 11.4. The Morgan fingerprint density at radius 2 is 1.77 bits per heavy atom. The minimum Gasteiger partial charge on any atom is -0.508 e. The molecule has 4 atom stereocenters. The van der Waals surface area contributed by atoms with Gasteiger partial charge in [-0.15, -0.1) is 6.58 Å². The number of Topliss-reactive ketones (excluding diaryl/α,β-unsaturated/α-hetero) is 1. The molecule has 1 aliphatic carbocycles. The highest BCUT2D eigenvalue weighted by Gasteiger charge is 2.44. The molecule has 35 heavy (non-hydrogen) atoms. The van der Waals surface area contributed by atoms with E-state index in [2.05, 4.69) is 25.7 Å². The summed E-state index contributed by atoms with van der Waals surface area (Å²) in [6.07, 6.45) is 6.42. The molecular weight excluding hydrogens is 438 g/mol. The normalized spacial score (nSPS) is 22.4. The molecule has 3 rings (SSSR count). The van der Waals surface area contributed by atoms with Crippen molar-refractivity contribution in [3.05, 3.63) is 71.8 Å². The Balaban J connectivity index is 1.91. The van der Waals surface area contributed by atoms with Crippen molar-refractivity contribution < 1.29 is 19.8 Å². The molecular formula is C30H39NO4. The highest BCUT2D eigenvalue weighted by Crippen LogP contribution is 2.46. The third-order valence-corrected chi connectivity index (χ3v) is 7.91. The zero-order valence-electron chi connectivity index (χ0n) is 21.4. The molecule has 0 unspecified atom stereocenters. The molecule has 0 spiro atoms. The van der Waals surface area contributed by atoms with E-state index in [9.17, 15) is 19.8 Å². The lowest BCUT2D eigenvalue weighted by Gasteiger charge is -2.46. The van der Waals surface area contributed by atoms with E-state index in [0.717, 1.165) is 31.2 Å². The second kappa shape index (κ2) is 11.1. The smallest absolute Gasteiger partial charge is 0.251 e. The topological polar surface area (TPSA) is 86.6 Å². The lowest BCUT2D eigenvalue weighted by Crippen LogP contribution is -2.50. The number of allylic oxidation sites excluding steroid dienone is 1. The summed E-state index contributed by atoms with van der Waals surface area (Å²) < 4.78 is 0. The van der Waals surface area contributed by atoms with Gasteiger partial charge in [0.05, 0.1) is 0 Å². The van der Waals surface area contributed by atoms with E-state index in [-0.39, 0.29) is 52.4 Å². The summed E-state index contributed by atoms with van der Waals surface area (Å²) in [5.41, 5.74) is 1.84. The number of carbonyl (C=O) groups is 2. The summed E-state index contributed by atoms with van der Waals surface area (Å²) in [5.74, 6) is -0.705. The number of carbonyl (C=O) groups excluding carboxylic acids is 2. The highest BCUT2D eigenvalue weighted by atomic mass is 16.3. The number of hydrogen-bond donors (Lipinski definition) is 3. The first kappa shape index (κ1) is 26.5. The summed E-state index contributed by atoms with van der Waals surface area (Å²) in [4.78, 5) is 26.9. The van der Waals surface area contributed by atoms with Crippen molar-refractivity contribution >= 4 is 11.7 Å². The summed E-state index contributed by atoms with van der Waals surface area (Å²) in [6.45, 7) is 12.3. The Morgan fingerprint density at radius 3 is 2.40 bits per heavy atom. The van der Waals surface area contributed by atoms with Gasteiger partial charge in [-0.05, 0) is 80.0 Å². The van der Waals surface area contributed by atoms with Gasteiger partial charge in [-0.2, -0.15) is 0 Å². The van der Waals surface area contributed by atoms with Gasteiger partial charge in [0.2, 0.25) is 0 Å². The van der Waals surface area contributed by atoms with Crippen LogP contribution in [0.25, 0.3) is 0 Å².